The number of nitrogens with zero attached hydrogens (tertiary/aromatic N) is 2. The highest BCUT2D eigenvalue weighted by Gasteiger charge is 2.22. The molecule has 8 heteroatoms. The van der Waals surface area contributed by atoms with E-state index in [0.29, 0.717) is 5.25 Å². The smallest absolute Gasteiger partial charge is 0.331 e. The number of carbonyl (C=O) groups excluding carboxylic acids is 2. The highest BCUT2D eigenvalue weighted by molar-refractivity contribution is 7.99. The third-order valence-electron chi connectivity index (χ3n) is 3.76. The average Bonchev–Trinajstić information content (AvgIpc) is 2.60. The third-order valence-corrected chi connectivity index (χ3v) is 5.02. The van der Waals surface area contributed by atoms with Crippen molar-refractivity contribution in [2.75, 3.05) is 33.1 Å². The predicted octanol–water partition coefficient (Wildman–Crippen LogP) is 3.31. The number of aliphatic carboxylic acids is 1. The number of hydrogen-bond donors (Lipinski definition) is 2. The van der Waals surface area contributed by atoms with E-state index < -0.39 is 5.97 Å². The molecule has 0 aromatic carbocycles. The highest BCUT2D eigenvalue weighted by atomic mass is 32.2. The van der Waals surface area contributed by atoms with Crippen molar-refractivity contribution >= 4 is 29.5 Å². The maximum atomic E-state index is 12.4. The molecule has 0 spiro atoms. The minimum Gasteiger partial charge on any atom is -0.478 e. The molecular weight excluding hydrogens is 402 g/mol. The lowest BCUT2D eigenvalue weighted by Crippen LogP contribution is -2.46. The number of carboxylic acids is 1. The van der Waals surface area contributed by atoms with Crippen LogP contribution >= 0.6 is 11.8 Å². The monoisotopic (exact) mass is 445 g/mol. The fourth-order valence-corrected chi connectivity index (χ4v) is 2.81. The van der Waals surface area contributed by atoms with E-state index in [1.54, 1.807) is 24.9 Å². The topological polar surface area (TPSA) is 90.0 Å². The molecule has 0 saturated heterocycles. The first-order valence-electron chi connectivity index (χ1n) is 10.4. The van der Waals surface area contributed by atoms with Crippen molar-refractivity contribution in [2.24, 2.45) is 11.8 Å². The van der Waals surface area contributed by atoms with E-state index >= 15 is 0 Å². The van der Waals surface area contributed by atoms with Crippen molar-refractivity contribution in [1.29, 1.82) is 0 Å². The first kappa shape index (κ1) is 30.7. The number of thioether (sulfide) groups is 1. The SMILES string of the molecule is C/C(=C\[C@H](C(C)C)N(C)C(=O)CNC(=O)CN(C)CSC(C)C)C(=O)O.CC(C)C. The summed E-state index contributed by atoms with van der Waals surface area (Å²) in [6.07, 6.45) is 1.57. The standard InChI is InChI=1S/C18H33N3O4S.C4H10/c1-12(2)15(8-14(5)18(24)25)21(7)17(23)9-19-16(22)10-20(6)11-26-13(3)4;1-4(2)3/h8,12-13,15H,9-11H2,1-7H3,(H,19,22)(H,24,25);4H,1-3H3/b14-8+;/t15-;/m1./s1. The van der Waals surface area contributed by atoms with E-state index in [2.05, 4.69) is 39.9 Å². The molecule has 0 aliphatic carbocycles. The second-order valence-electron chi connectivity index (χ2n) is 8.76. The van der Waals surface area contributed by atoms with Gasteiger partial charge in [0.1, 0.15) is 0 Å². The van der Waals surface area contributed by atoms with Gasteiger partial charge in [0.2, 0.25) is 11.8 Å². The van der Waals surface area contributed by atoms with Crippen LogP contribution in [0.25, 0.3) is 0 Å². The van der Waals surface area contributed by atoms with Gasteiger partial charge in [0.05, 0.1) is 19.1 Å². The largest absolute Gasteiger partial charge is 0.478 e. The summed E-state index contributed by atoms with van der Waals surface area (Å²) < 4.78 is 0. The first-order chi connectivity index (χ1) is 13.7. The first-order valence-corrected chi connectivity index (χ1v) is 11.5. The van der Waals surface area contributed by atoms with Crippen LogP contribution in [0.3, 0.4) is 0 Å². The summed E-state index contributed by atoms with van der Waals surface area (Å²) in [7, 11) is 3.48. The number of nitrogens with one attached hydrogen (secondary N) is 1. The molecule has 2 N–H and O–H groups in total. The molecule has 30 heavy (non-hydrogen) atoms. The van der Waals surface area contributed by atoms with Crippen LogP contribution in [0.15, 0.2) is 11.6 Å². The lowest BCUT2D eigenvalue weighted by molar-refractivity contribution is -0.134. The van der Waals surface area contributed by atoms with Crippen LogP contribution in [0.4, 0.5) is 0 Å². The molecule has 1 atom stereocenters. The number of amides is 2. The Balaban J connectivity index is 0. The van der Waals surface area contributed by atoms with E-state index in [4.69, 9.17) is 5.11 Å². The molecule has 0 unspecified atom stereocenters. The lowest BCUT2D eigenvalue weighted by atomic mass is 10.00. The molecule has 0 aromatic rings. The minimum atomic E-state index is -1.01. The van der Waals surface area contributed by atoms with Gasteiger partial charge in [-0.2, -0.15) is 0 Å². The van der Waals surface area contributed by atoms with Gasteiger partial charge in [-0.1, -0.05) is 54.5 Å². The maximum Gasteiger partial charge on any atom is 0.331 e. The van der Waals surface area contributed by atoms with Crippen molar-refractivity contribution in [2.45, 2.75) is 66.7 Å². The molecule has 0 aliphatic heterocycles. The second kappa shape index (κ2) is 16.2. The van der Waals surface area contributed by atoms with Crippen molar-refractivity contribution in [3.05, 3.63) is 11.6 Å². The van der Waals surface area contributed by atoms with E-state index in [0.717, 1.165) is 11.8 Å². The Hall–Kier alpha value is -1.54. The van der Waals surface area contributed by atoms with E-state index in [-0.39, 0.29) is 42.4 Å². The summed E-state index contributed by atoms with van der Waals surface area (Å²) in [5, 5.41) is 12.2. The van der Waals surface area contributed by atoms with Crippen molar-refractivity contribution in [3.8, 4) is 0 Å². The summed E-state index contributed by atoms with van der Waals surface area (Å²) in [6.45, 7) is 16.1. The Morgan fingerprint density at radius 1 is 1.03 bits per heavy atom. The van der Waals surface area contributed by atoms with E-state index in [9.17, 15) is 14.4 Å². The maximum absolute atomic E-state index is 12.4. The molecule has 0 saturated carbocycles. The molecule has 0 fully saturated rings. The summed E-state index contributed by atoms with van der Waals surface area (Å²) in [5.41, 5.74) is 0.191. The predicted molar refractivity (Wildman–Crippen MR) is 127 cm³/mol. The van der Waals surface area contributed by atoms with Crippen LogP contribution in [-0.2, 0) is 14.4 Å². The van der Waals surface area contributed by atoms with Gasteiger partial charge in [-0.05, 0) is 25.8 Å². The summed E-state index contributed by atoms with van der Waals surface area (Å²) in [6, 6.07) is -0.347. The van der Waals surface area contributed by atoms with Crippen LogP contribution in [0.2, 0.25) is 0 Å². The molecule has 176 valence electrons. The number of rotatable bonds is 11. The number of carboxylic acid groups (broad SMARTS) is 1. The van der Waals surface area contributed by atoms with Gasteiger partial charge >= 0.3 is 5.97 Å². The molecule has 0 heterocycles. The lowest BCUT2D eigenvalue weighted by Gasteiger charge is -2.29. The van der Waals surface area contributed by atoms with Crippen LogP contribution in [0.5, 0.6) is 0 Å². The number of hydrogen-bond acceptors (Lipinski definition) is 5. The van der Waals surface area contributed by atoms with Crippen LogP contribution in [-0.4, -0.2) is 77.0 Å². The summed E-state index contributed by atoms with van der Waals surface area (Å²) in [5.74, 6) is 0.149. The van der Waals surface area contributed by atoms with Gasteiger partial charge in [-0.25, -0.2) is 4.79 Å². The Bertz CT molecular complexity index is 560. The van der Waals surface area contributed by atoms with Gasteiger partial charge in [0.15, 0.2) is 0 Å². The van der Waals surface area contributed by atoms with Gasteiger partial charge in [0.25, 0.3) is 0 Å². The molecular formula is C22H43N3O4S. The molecule has 0 aliphatic rings. The fraction of sp³-hybridized carbons (Fsp3) is 0.773. The molecule has 0 bridgehead atoms. The highest BCUT2D eigenvalue weighted by Crippen LogP contribution is 2.13. The number of likely N-dealkylation sites (N-methyl/N-ethyl adjacent to an activating group) is 2. The summed E-state index contributed by atoms with van der Waals surface area (Å²) in [4.78, 5) is 38.7. The van der Waals surface area contributed by atoms with Gasteiger partial charge in [-0.3, -0.25) is 14.5 Å². The van der Waals surface area contributed by atoms with Crippen molar-refractivity contribution in [3.63, 3.8) is 0 Å². The zero-order chi connectivity index (χ0) is 24.0. The van der Waals surface area contributed by atoms with Gasteiger partial charge in [-0.15, -0.1) is 11.8 Å². The molecule has 0 aromatic heterocycles. The average molecular weight is 446 g/mol. The molecule has 7 nitrogen and oxygen atoms in total. The molecule has 2 amide bonds. The Morgan fingerprint density at radius 2 is 1.53 bits per heavy atom. The second-order valence-corrected chi connectivity index (χ2v) is 10.3. The van der Waals surface area contributed by atoms with Gasteiger partial charge in [0, 0.05) is 23.7 Å². The summed E-state index contributed by atoms with van der Waals surface area (Å²) >= 11 is 1.74. The van der Waals surface area contributed by atoms with Crippen LogP contribution in [0.1, 0.15) is 55.4 Å². The van der Waals surface area contributed by atoms with Crippen LogP contribution in [0, 0.1) is 11.8 Å². The van der Waals surface area contributed by atoms with Crippen LogP contribution < -0.4 is 5.32 Å². The van der Waals surface area contributed by atoms with Gasteiger partial charge < -0.3 is 15.3 Å². The zero-order valence-corrected chi connectivity index (χ0v) is 21.3. The number of carbonyl (C=O) groups is 3. The molecule has 0 rings (SSSR count). The van der Waals surface area contributed by atoms with Crippen molar-refractivity contribution < 1.29 is 19.5 Å². The third kappa shape index (κ3) is 16.3. The Labute approximate surface area is 187 Å². The van der Waals surface area contributed by atoms with E-state index in [1.165, 1.54) is 11.8 Å². The quantitative estimate of drug-likeness (QED) is 0.375. The Morgan fingerprint density at radius 3 is 1.93 bits per heavy atom. The van der Waals surface area contributed by atoms with E-state index in [1.807, 2.05) is 25.8 Å². The Kier molecular flexibility index (Phi) is 16.5. The van der Waals surface area contributed by atoms with Crippen molar-refractivity contribution in [1.82, 2.24) is 15.1 Å². The molecule has 0 radical (unpaired) electrons. The minimum absolute atomic E-state index is 0.0492. The fourth-order valence-electron chi connectivity index (χ4n) is 2.17. The zero-order valence-electron chi connectivity index (χ0n) is 20.5. The normalized spacial score (nSPS) is 12.7.